The number of hydrogen-bond donors (Lipinski definition) is 0. The van der Waals surface area contributed by atoms with E-state index in [9.17, 15) is 0 Å². The highest BCUT2D eigenvalue weighted by Crippen LogP contribution is 2.58. The topological polar surface area (TPSA) is 0 Å². The van der Waals surface area contributed by atoms with Crippen LogP contribution in [0, 0.1) is 23.2 Å². The van der Waals surface area contributed by atoms with Crippen molar-refractivity contribution in [1.29, 1.82) is 0 Å². The standard InChI is InChI=1S/C35H52S4/c1-36-25-31(32(27-17-9-5-10-18-27)28-19-11-6-12-20-28)33(38-3)34(39-4)35(26-37-2,29-21-13-7-14-22-29)30-23-15-8-16-24-30/h5-6,9-12,17-20,29-34H,7-8,13-16,21-26H2,1-4H3. The predicted molar refractivity (Wildman–Crippen MR) is 185 cm³/mol. The Labute approximate surface area is 257 Å². The average molecular weight is 601 g/mol. The van der Waals surface area contributed by atoms with Crippen LogP contribution in [0.1, 0.15) is 81.3 Å². The van der Waals surface area contributed by atoms with Gasteiger partial charge in [-0.1, -0.05) is 99.2 Å². The average Bonchev–Trinajstić information content (AvgIpc) is 3.01. The minimum Gasteiger partial charge on any atom is -0.165 e. The Morgan fingerprint density at radius 3 is 1.51 bits per heavy atom. The Kier molecular flexibility index (Phi) is 13.4. The molecule has 0 saturated heterocycles. The summed E-state index contributed by atoms with van der Waals surface area (Å²) < 4.78 is 0. The molecule has 0 N–H and O–H groups in total. The number of thioether (sulfide) groups is 4. The van der Waals surface area contributed by atoms with Gasteiger partial charge in [-0.25, -0.2) is 0 Å². The van der Waals surface area contributed by atoms with Gasteiger partial charge in [0.15, 0.2) is 0 Å². The maximum atomic E-state index is 2.48. The van der Waals surface area contributed by atoms with Crippen molar-refractivity contribution in [3.05, 3.63) is 71.8 Å². The van der Waals surface area contributed by atoms with Crippen LogP contribution in [0.3, 0.4) is 0 Å². The van der Waals surface area contributed by atoms with Gasteiger partial charge in [0.1, 0.15) is 0 Å². The SMILES string of the molecule is CSCC(C(c1ccccc1)c1ccccc1)C(SC)C(SC)C(CSC)(C1CCCCC1)C1CCCCC1. The molecular weight excluding hydrogens is 549 g/mol. The molecule has 0 nitrogen and oxygen atoms in total. The Balaban J connectivity index is 1.84. The lowest BCUT2D eigenvalue weighted by Crippen LogP contribution is -2.55. The summed E-state index contributed by atoms with van der Waals surface area (Å²) in [5.41, 5.74) is 3.42. The summed E-state index contributed by atoms with van der Waals surface area (Å²) in [5.74, 6) is 5.34. The summed E-state index contributed by atoms with van der Waals surface area (Å²) in [6.07, 6.45) is 24.2. The smallest absolute Gasteiger partial charge is 0.0236 e. The van der Waals surface area contributed by atoms with E-state index in [4.69, 9.17) is 0 Å². The molecule has 0 aliphatic heterocycles. The molecule has 2 aliphatic rings. The van der Waals surface area contributed by atoms with Crippen LogP contribution in [0.4, 0.5) is 0 Å². The quantitative estimate of drug-likeness (QED) is 0.211. The summed E-state index contributed by atoms with van der Waals surface area (Å²) in [6.45, 7) is 0. The predicted octanol–water partition coefficient (Wildman–Crippen LogP) is 10.8. The summed E-state index contributed by atoms with van der Waals surface area (Å²) >= 11 is 8.69. The summed E-state index contributed by atoms with van der Waals surface area (Å²) in [4.78, 5) is 0. The van der Waals surface area contributed by atoms with Gasteiger partial charge in [-0.3, -0.25) is 0 Å². The monoisotopic (exact) mass is 600 g/mol. The summed E-state index contributed by atoms with van der Waals surface area (Å²) in [7, 11) is 0. The molecule has 2 aromatic carbocycles. The van der Waals surface area contributed by atoms with Crippen LogP contribution in [0.15, 0.2) is 60.7 Å². The molecule has 4 heteroatoms. The van der Waals surface area contributed by atoms with Gasteiger partial charge < -0.3 is 0 Å². The lowest BCUT2D eigenvalue weighted by atomic mass is 9.56. The van der Waals surface area contributed by atoms with Crippen LogP contribution in [0.25, 0.3) is 0 Å². The lowest BCUT2D eigenvalue weighted by Gasteiger charge is -2.56. The molecule has 0 radical (unpaired) electrons. The van der Waals surface area contributed by atoms with E-state index in [2.05, 4.69) is 133 Å². The lowest BCUT2D eigenvalue weighted by molar-refractivity contribution is 0.0386. The molecule has 3 unspecified atom stereocenters. The molecule has 2 saturated carbocycles. The van der Waals surface area contributed by atoms with E-state index in [1.807, 2.05) is 0 Å². The van der Waals surface area contributed by atoms with E-state index in [0.29, 0.717) is 27.8 Å². The zero-order valence-electron chi connectivity index (χ0n) is 24.9. The third kappa shape index (κ3) is 7.44. The van der Waals surface area contributed by atoms with Gasteiger partial charge in [0.25, 0.3) is 0 Å². The van der Waals surface area contributed by atoms with E-state index >= 15 is 0 Å². The van der Waals surface area contributed by atoms with Gasteiger partial charge in [-0.2, -0.15) is 47.0 Å². The molecule has 0 spiro atoms. The van der Waals surface area contributed by atoms with E-state index in [1.54, 1.807) is 0 Å². The van der Waals surface area contributed by atoms with Gasteiger partial charge in [0, 0.05) is 22.2 Å². The van der Waals surface area contributed by atoms with Gasteiger partial charge in [0.2, 0.25) is 0 Å². The van der Waals surface area contributed by atoms with Crippen molar-refractivity contribution < 1.29 is 0 Å². The maximum Gasteiger partial charge on any atom is 0.0236 e. The molecule has 3 atom stereocenters. The summed E-state index contributed by atoms with van der Waals surface area (Å²) in [5, 5.41) is 1.30. The van der Waals surface area contributed by atoms with Gasteiger partial charge in [-0.05, 0) is 90.8 Å². The molecule has 0 heterocycles. The van der Waals surface area contributed by atoms with Crippen LogP contribution >= 0.6 is 47.0 Å². The van der Waals surface area contributed by atoms with Crippen molar-refractivity contribution in [3.63, 3.8) is 0 Å². The van der Waals surface area contributed by atoms with Gasteiger partial charge in [0.05, 0.1) is 0 Å². The zero-order chi connectivity index (χ0) is 27.5. The van der Waals surface area contributed by atoms with Crippen molar-refractivity contribution in [2.24, 2.45) is 23.2 Å². The summed E-state index contributed by atoms with van der Waals surface area (Å²) in [6, 6.07) is 23.0. The zero-order valence-corrected chi connectivity index (χ0v) is 28.1. The highest BCUT2D eigenvalue weighted by molar-refractivity contribution is 8.03. The van der Waals surface area contributed by atoms with Crippen LogP contribution in [-0.4, -0.2) is 47.0 Å². The largest absolute Gasteiger partial charge is 0.165 e. The second-order valence-corrected chi connectivity index (χ2v) is 15.8. The normalized spacial score (nSPS) is 20.1. The fraction of sp³-hybridized carbons (Fsp3) is 0.657. The third-order valence-corrected chi connectivity index (χ3v) is 14.1. The molecular formula is C35H52S4. The Morgan fingerprint density at radius 2 is 1.13 bits per heavy atom. The van der Waals surface area contributed by atoms with Crippen LogP contribution < -0.4 is 0 Å². The highest BCUT2D eigenvalue weighted by atomic mass is 32.2. The van der Waals surface area contributed by atoms with Crippen LogP contribution in [-0.2, 0) is 0 Å². The second kappa shape index (κ2) is 16.5. The number of hydrogen-bond acceptors (Lipinski definition) is 4. The van der Waals surface area contributed by atoms with Crippen LogP contribution in [0.5, 0.6) is 0 Å². The molecule has 0 aromatic heterocycles. The molecule has 4 rings (SSSR count). The van der Waals surface area contributed by atoms with E-state index in [-0.39, 0.29) is 0 Å². The minimum absolute atomic E-state index is 0.427. The minimum atomic E-state index is 0.427. The van der Waals surface area contributed by atoms with Gasteiger partial charge in [-0.15, -0.1) is 0 Å². The van der Waals surface area contributed by atoms with Crippen LogP contribution in [0.2, 0.25) is 0 Å². The van der Waals surface area contributed by atoms with E-state index in [1.165, 1.54) is 86.8 Å². The highest BCUT2D eigenvalue weighted by Gasteiger charge is 2.54. The molecule has 2 aliphatic carbocycles. The molecule has 2 fully saturated rings. The molecule has 0 bridgehead atoms. The van der Waals surface area contributed by atoms with Crippen molar-refractivity contribution in [2.75, 3.05) is 36.5 Å². The Morgan fingerprint density at radius 1 is 0.641 bits per heavy atom. The van der Waals surface area contributed by atoms with Crippen molar-refractivity contribution in [1.82, 2.24) is 0 Å². The fourth-order valence-corrected chi connectivity index (χ4v) is 13.7. The van der Waals surface area contributed by atoms with E-state index < -0.39 is 0 Å². The maximum absolute atomic E-state index is 2.48. The molecule has 216 valence electrons. The van der Waals surface area contributed by atoms with Crippen molar-refractivity contribution in [3.8, 4) is 0 Å². The molecule has 39 heavy (non-hydrogen) atoms. The first-order valence-electron chi connectivity index (χ1n) is 15.3. The van der Waals surface area contributed by atoms with E-state index in [0.717, 1.165) is 11.8 Å². The number of rotatable bonds is 14. The second-order valence-electron chi connectivity index (χ2n) is 12.0. The first-order chi connectivity index (χ1) is 19.2. The first-order valence-corrected chi connectivity index (χ1v) is 20.7. The van der Waals surface area contributed by atoms with Gasteiger partial charge >= 0.3 is 0 Å². The number of benzene rings is 2. The Hall–Kier alpha value is -0.160. The van der Waals surface area contributed by atoms with Crippen molar-refractivity contribution in [2.45, 2.75) is 80.6 Å². The third-order valence-electron chi connectivity index (χ3n) is 10.0. The Bertz CT molecular complexity index is 863. The first kappa shape index (κ1) is 31.8. The molecule has 2 aromatic rings. The van der Waals surface area contributed by atoms with Crippen molar-refractivity contribution >= 4 is 47.0 Å². The fourth-order valence-electron chi connectivity index (χ4n) is 8.41. The molecule has 0 amide bonds.